The molecule has 0 radical (unpaired) electrons. The van der Waals surface area contributed by atoms with Crippen LogP contribution in [0, 0.1) is 12.7 Å². The van der Waals surface area contributed by atoms with Crippen LogP contribution in [0.1, 0.15) is 16.7 Å². The van der Waals surface area contributed by atoms with Gasteiger partial charge < -0.3 is 9.84 Å². The molecule has 0 saturated carbocycles. The van der Waals surface area contributed by atoms with Gasteiger partial charge in [-0.15, -0.1) is 0 Å². The van der Waals surface area contributed by atoms with E-state index in [1.165, 1.54) is 49.7 Å². The molecule has 0 spiro atoms. The van der Waals surface area contributed by atoms with Crippen molar-refractivity contribution in [1.82, 2.24) is 9.73 Å². The highest BCUT2D eigenvalue weighted by atomic mass is 32.2. The van der Waals surface area contributed by atoms with Gasteiger partial charge in [0.2, 0.25) is 10.0 Å². The number of hydrogen-bond donors (Lipinski definition) is 2. The summed E-state index contributed by atoms with van der Waals surface area (Å²) in [5.41, 5.74) is 3.96. The third kappa shape index (κ3) is 6.18. The van der Waals surface area contributed by atoms with E-state index >= 15 is 0 Å². The van der Waals surface area contributed by atoms with Gasteiger partial charge in [-0.3, -0.25) is 4.79 Å². The Hall–Kier alpha value is -3.76. The standard InChI is InChI=1S/C24H24FN3O5S/c1-17-6-12-21(13-7-17)34(31,32)28(15-18-8-10-20(25)11-9-18)16-23(29)27-26-14-19-4-3-5-22(33-2)24(19)30/h3-14,30H,15-16H2,1-2H3,(H,27,29)/b26-14-. The summed E-state index contributed by atoms with van der Waals surface area (Å²) in [7, 11) is -2.64. The molecule has 178 valence electrons. The van der Waals surface area contributed by atoms with Crippen molar-refractivity contribution in [3.63, 3.8) is 0 Å². The largest absolute Gasteiger partial charge is 0.504 e. The molecule has 0 heterocycles. The number of sulfonamides is 1. The van der Waals surface area contributed by atoms with Crippen molar-refractivity contribution in [2.24, 2.45) is 5.10 Å². The van der Waals surface area contributed by atoms with Gasteiger partial charge in [0, 0.05) is 12.1 Å². The van der Waals surface area contributed by atoms with E-state index in [-0.39, 0.29) is 22.9 Å². The summed E-state index contributed by atoms with van der Waals surface area (Å²) in [6.45, 7) is 1.15. The van der Waals surface area contributed by atoms with Crippen LogP contribution in [0.3, 0.4) is 0 Å². The van der Waals surface area contributed by atoms with Crippen LogP contribution in [0.15, 0.2) is 76.7 Å². The fourth-order valence-corrected chi connectivity index (χ4v) is 4.44. The highest BCUT2D eigenvalue weighted by molar-refractivity contribution is 7.89. The number of nitrogens with one attached hydrogen (secondary N) is 1. The second-order valence-corrected chi connectivity index (χ2v) is 9.34. The fourth-order valence-electron chi connectivity index (χ4n) is 3.06. The van der Waals surface area contributed by atoms with Crippen molar-refractivity contribution < 1.29 is 27.4 Å². The van der Waals surface area contributed by atoms with Crippen LogP contribution < -0.4 is 10.2 Å². The molecule has 0 aliphatic rings. The number of benzene rings is 3. The van der Waals surface area contributed by atoms with E-state index < -0.39 is 28.3 Å². The lowest BCUT2D eigenvalue weighted by molar-refractivity contribution is -0.121. The molecule has 2 N–H and O–H groups in total. The van der Waals surface area contributed by atoms with Crippen molar-refractivity contribution in [1.29, 1.82) is 0 Å². The Kier molecular flexibility index (Phi) is 7.98. The number of carbonyl (C=O) groups is 1. The lowest BCUT2D eigenvalue weighted by Crippen LogP contribution is -2.39. The average molecular weight is 486 g/mol. The molecule has 0 unspecified atom stereocenters. The third-order valence-electron chi connectivity index (χ3n) is 4.89. The normalized spacial score (nSPS) is 11.6. The number of nitrogens with zero attached hydrogens (tertiary/aromatic N) is 2. The molecule has 3 rings (SSSR count). The van der Waals surface area contributed by atoms with Gasteiger partial charge in [-0.1, -0.05) is 35.9 Å². The zero-order valence-electron chi connectivity index (χ0n) is 18.6. The van der Waals surface area contributed by atoms with E-state index in [2.05, 4.69) is 10.5 Å². The molecule has 0 atom stereocenters. The number of methoxy groups -OCH3 is 1. The maximum Gasteiger partial charge on any atom is 0.255 e. The minimum Gasteiger partial charge on any atom is -0.504 e. The average Bonchev–Trinajstić information content (AvgIpc) is 2.81. The highest BCUT2D eigenvalue weighted by Gasteiger charge is 2.27. The quantitative estimate of drug-likeness (QED) is 0.358. The monoisotopic (exact) mass is 485 g/mol. The van der Waals surface area contributed by atoms with E-state index in [0.717, 1.165) is 9.87 Å². The fraction of sp³-hybridized carbons (Fsp3) is 0.167. The molecule has 1 amide bonds. The lowest BCUT2D eigenvalue weighted by atomic mass is 10.2. The maximum absolute atomic E-state index is 13.3. The summed E-state index contributed by atoms with van der Waals surface area (Å²) >= 11 is 0. The van der Waals surface area contributed by atoms with Gasteiger partial charge in [-0.25, -0.2) is 18.2 Å². The third-order valence-corrected chi connectivity index (χ3v) is 6.70. The number of aryl methyl sites for hydroxylation is 1. The van der Waals surface area contributed by atoms with Gasteiger partial charge in [-0.05, 0) is 48.9 Å². The molecule has 0 bridgehead atoms. The predicted octanol–water partition coefficient (Wildman–Crippen LogP) is 3.19. The topological polar surface area (TPSA) is 108 Å². The zero-order valence-corrected chi connectivity index (χ0v) is 19.4. The first kappa shape index (κ1) is 24.9. The van der Waals surface area contributed by atoms with E-state index in [1.54, 1.807) is 30.3 Å². The Labute approximate surface area is 197 Å². The van der Waals surface area contributed by atoms with Gasteiger partial charge in [0.1, 0.15) is 5.82 Å². The van der Waals surface area contributed by atoms with Crippen molar-refractivity contribution in [3.8, 4) is 11.5 Å². The van der Waals surface area contributed by atoms with Crippen LogP contribution in [-0.2, 0) is 21.4 Å². The van der Waals surface area contributed by atoms with Crippen LogP contribution in [0.2, 0.25) is 0 Å². The SMILES string of the molecule is COc1cccc(/C=N\NC(=O)CN(Cc2ccc(F)cc2)S(=O)(=O)c2ccc(C)cc2)c1O. The number of hydrogen-bond acceptors (Lipinski definition) is 6. The first-order chi connectivity index (χ1) is 16.2. The molecule has 0 saturated heterocycles. The summed E-state index contributed by atoms with van der Waals surface area (Å²) in [5.74, 6) is -1.06. The van der Waals surface area contributed by atoms with Crippen LogP contribution in [0.25, 0.3) is 0 Å². The molecule has 0 aliphatic carbocycles. The number of aromatic hydroxyl groups is 1. The van der Waals surface area contributed by atoms with Crippen LogP contribution in [0.5, 0.6) is 11.5 Å². The molecule has 8 nitrogen and oxygen atoms in total. The zero-order chi connectivity index (χ0) is 24.7. The highest BCUT2D eigenvalue weighted by Crippen LogP contribution is 2.28. The van der Waals surface area contributed by atoms with Crippen LogP contribution in [0.4, 0.5) is 4.39 Å². The van der Waals surface area contributed by atoms with E-state index in [4.69, 9.17) is 4.74 Å². The first-order valence-electron chi connectivity index (χ1n) is 10.2. The molecule has 10 heteroatoms. The number of phenols is 1. The maximum atomic E-state index is 13.3. The second kappa shape index (κ2) is 10.9. The van der Waals surface area contributed by atoms with Gasteiger partial charge in [0.25, 0.3) is 5.91 Å². The number of carbonyl (C=O) groups excluding carboxylic acids is 1. The summed E-state index contributed by atoms with van der Waals surface area (Å²) in [4.78, 5) is 12.6. The Morgan fingerprint density at radius 1 is 1.12 bits per heavy atom. The van der Waals surface area contributed by atoms with Crippen molar-refractivity contribution in [3.05, 3.63) is 89.2 Å². The predicted molar refractivity (Wildman–Crippen MR) is 126 cm³/mol. The molecule has 34 heavy (non-hydrogen) atoms. The lowest BCUT2D eigenvalue weighted by Gasteiger charge is -2.21. The number of rotatable bonds is 9. The van der Waals surface area contributed by atoms with Gasteiger partial charge in [-0.2, -0.15) is 9.41 Å². The number of para-hydroxylation sites is 1. The summed E-state index contributed by atoms with van der Waals surface area (Å²) < 4.78 is 45.8. The van der Waals surface area contributed by atoms with Crippen molar-refractivity contribution in [2.45, 2.75) is 18.4 Å². The molecule has 0 aliphatic heterocycles. The minimum atomic E-state index is -4.04. The summed E-state index contributed by atoms with van der Waals surface area (Å²) in [6.07, 6.45) is 1.22. The Balaban J connectivity index is 1.79. The molecular formula is C24H24FN3O5S. The Morgan fingerprint density at radius 3 is 2.44 bits per heavy atom. The van der Waals surface area contributed by atoms with Crippen molar-refractivity contribution in [2.75, 3.05) is 13.7 Å². The van der Waals surface area contributed by atoms with E-state index in [1.807, 2.05) is 6.92 Å². The number of amides is 1. The van der Waals surface area contributed by atoms with Crippen molar-refractivity contribution >= 4 is 22.1 Å². The Morgan fingerprint density at radius 2 is 1.79 bits per heavy atom. The second-order valence-electron chi connectivity index (χ2n) is 7.40. The summed E-state index contributed by atoms with van der Waals surface area (Å²) in [6, 6.07) is 16.4. The first-order valence-corrected chi connectivity index (χ1v) is 11.6. The minimum absolute atomic E-state index is 0.0258. The van der Waals surface area contributed by atoms with Gasteiger partial charge in [0.05, 0.1) is 24.8 Å². The Bertz CT molecular complexity index is 1280. The van der Waals surface area contributed by atoms with E-state index in [9.17, 15) is 22.7 Å². The number of hydrazone groups is 1. The van der Waals surface area contributed by atoms with Gasteiger partial charge in [0.15, 0.2) is 11.5 Å². The molecule has 3 aromatic carbocycles. The van der Waals surface area contributed by atoms with Crippen LogP contribution >= 0.6 is 0 Å². The number of halogens is 1. The van der Waals surface area contributed by atoms with E-state index in [0.29, 0.717) is 11.1 Å². The molecule has 0 aromatic heterocycles. The molecular weight excluding hydrogens is 461 g/mol. The summed E-state index contributed by atoms with van der Waals surface area (Å²) in [5, 5.41) is 13.9. The molecule has 0 fully saturated rings. The smallest absolute Gasteiger partial charge is 0.255 e. The number of phenolic OH excluding ortho intramolecular Hbond substituents is 1. The van der Waals surface area contributed by atoms with Crippen LogP contribution in [-0.4, -0.2) is 43.6 Å². The number of ether oxygens (including phenoxy) is 1. The van der Waals surface area contributed by atoms with Gasteiger partial charge >= 0.3 is 0 Å². The molecule has 3 aromatic rings.